The van der Waals surface area contributed by atoms with Crippen LogP contribution in [-0.4, -0.2) is 22.0 Å². The average Bonchev–Trinajstić information content (AvgIpc) is 3.10. The summed E-state index contributed by atoms with van der Waals surface area (Å²) in [7, 11) is 0. The predicted molar refractivity (Wildman–Crippen MR) is 116 cm³/mol. The minimum Gasteiger partial charge on any atom is -0.335 e. The summed E-state index contributed by atoms with van der Waals surface area (Å²) in [5.74, 6) is -1.06. The third-order valence-electron chi connectivity index (χ3n) is 4.54. The van der Waals surface area contributed by atoms with Gasteiger partial charge in [0.25, 0.3) is 11.6 Å². The molecule has 4 rings (SSSR count). The Morgan fingerprint density at radius 3 is 2.48 bits per heavy atom. The number of carbonyl (C=O) groups is 2. The number of pyridine rings is 1. The van der Waals surface area contributed by atoms with E-state index < -0.39 is 5.91 Å². The third-order valence-corrected chi connectivity index (χ3v) is 4.85. The first kappa shape index (κ1) is 20.5. The van der Waals surface area contributed by atoms with Crippen molar-refractivity contribution in [1.29, 1.82) is 0 Å². The van der Waals surface area contributed by atoms with Gasteiger partial charge in [0.1, 0.15) is 5.82 Å². The van der Waals surface area contributed by atoms with Gasteiger partial charge < -0.3 is 15.2 Å². The SMILES string of the molecule is CC(=O)Nc1ccc(NC(=O)c2cc(-c3ccc(F)cc3)nc3onc(C)c23)c(Cl)c1. The fraction of sp³-hybridized carbons (Fsp3) is 0.0909. The fourth-order valence-electron chi connectivity index (χ4n) is 3.13. The van der Waals surface area contributed by atoms with E-state index in [2.05, 4.69) is 20.8 Å². The van der Waals surface area contributed by atoms with Crippen molar-refractivity contribution in [2.75, 3.05) is 10.6 Å². The van der Waals surface area contributed by atoms with E-state index in [1.807, 2.05) is 0 Å². The standard InChI is InChI=1S/C22H16ClFN4O3/c1-11-20-16(21(30)26-18-8-7-15(9-17(18)23)25-12(2)29)10-19(27-22(20)31-28-11)13-3-5-14(24)6-4-13/h3-10H,1-2H3,(H,25,29)(H,26,30). The molecular formula is C22H16ClFN4O3. The topological polar surface area (TPSA) is 97.1 Å². The van der Waals surface area contributed by atoms with Crippen LogP contribution in [0, 0.1) is 12.7 Å². The zero-order valence-corrected chi connectivity index (χ0v) is 17.2. The van der Waals surface area contributed by atoms with Crippen LogP contribution in [-0.2, 0) is 4.79 Å². The second-order valence-electron chi connectivity index (χ2n) is 6.84. The average molecular weight is 439 g/mol. The summed E-state index contributed by atoms with van der Waals surface area (Å²) < 4.78 is 18.6. The maximum atomic E-state index is 13.3. The van der Waals surface area contributed by atoms with Gasteiger partial charge in [0.15, 0.2) is 0 Å². The Morgan fingerprint density at radius 1 is 1.06 bits per heavy atom. The lowest BCUT2D eigenvalue weighted by Crippen LogP contribution is -2.14. The summed E-state index contributed by atoms with van der Waals surface area (Å²) in [5.41, 5.74) is 2.90. The van der Waals surface area contributed by atoms with Gasteiger partial charge in [0.2, 0.25) is 5.91 Å². The maximum absolute atomic E-state index is 13.3. The highest BCUT2D eigenvalue weighted by Gasteiger charge is 2.20. The van der Waals surface area contributed by atoms with Gasteiger partial charge in [-0.1, -0.05) is 16.8 Å². The second kappa shape index (κ2) is 8.16. The monoisotopic (exact) mass is 438 g/mol. The molecule has 2 N–H and O–H groups in total. The molecule has 0 saturated heterocycles. The molecule has 0 unspecified atom stereocenters. The van der Waals surface area contributed by atoms with Crippen LogP contribution < -0.4 is 10.6 Å². The Labute approximate surface area is 181 Å². The van der Waals surface area contributed by atoms with Gasteiger partial charge in [-0.3, -0.25) is 9.59 Å². The van der Waals surface area contributed by atoms with Crippen LogP contribution in [0.25, 0.3) is 22.4 Å². The molecule has 9 heteroatoms. The lowest BCUT2D eigenvalue weighted by atomic mass is 10.0. The Kier molecular flexibility index (Phi) is 5.39. The van der Waals surface area contributed by atoms with E-state index in [1.54, 1.807) is 37.3 Å². The van der Waals surface area contributed by atoms with E-state index in [9.17, 15) is 14.0 Å². The molecule has 2 amide bonds. The summed E-state index contributed by atoms with van der Waals surface area (Å²) in [6, 6.07) is 12.1. The molecule has 2 aromatic heterocycles. The second-order valence-corrected chi connectivity index (χ2v) is 7.25. The van der Waals surface area contributed by atoms with Gasteiger partial charge in [-0.05, 0) is 55.5 Å². The summed E-state index contributed by atoms with van der Waals surface area (Å²) in [6.07, 6.45) is 0. The van der Waals surface area contributed by atoms with E-state index in [4.69, 9.17) is 16.1 Å². The van der Waals surface area contributed by atoms with Crippen molar-refractivity contribution in [3.8, 4) is 11.3 Å². The molecular weight excluding hydrogens is 423 g/mol. The smallest absolute Gasteiger partial charge is 0.259 e. The molecule has 2 aromatic carbocycles. The molecule has 0 saturated carbocycles. The number of aromatic nitrogens is 2. The molecule has 4 aromatic rings. The van der Waals surface area contributed by atoms with Crippen molar-refractivity contribution in [3.63, 3.8) is 0 Å². The van der Waals surface area contributed by atoms with Crippen LogP contribution in [0.3, 0.4) is 0 Å². The van der Waals surface area contributed by atoms with Gasteiger partial charge in [0, 0.05) is 18.2 Å². The molecule has 0 aliphatic heterocycles. The molecule has 0 fully saturated rings. The van der Waals surface area contributed by atoms with Crippen molar-refractivity contribution < 1.29 is 18.5 Å². The fourth-order valence-corrected chi connectivity index (χ4v) is 3.36. The van der Waals surface area contributed by atoms with E-state index in [0.29, 0.717) is 33.7 Å². The van der Waals surface area contributed by atoms with Gasteiger partial charge in [-0.15, -0.1) is 0 Å². The molecule has 7 nitrogen and oxygen atoms in total. The van der Waals surface area contributed by atoms with Crippen LogP contribution in [0.1, 0.15) is 23.0 Å². The molecule has 0 aliphatic carbocycles. The lowest BCUT2D eigenvalue weighted by molar-refractivity contribution is -0.114. The number of nitrogens with one attached hydrogen (secondary N) is 2. The Balaban J connectivity index is 1.73. The predicted octanol–water partition coefficient (Wildman–Crippen LogP) is 5.20. The summed E-state index contributed by atoms with van der Waals surface area (Å²) in [5, 5.41) is 10.0. The van der Waals surface area contributed by atoms with E-state index in [0.717, 1.165) is 0 Å². The van der Waals surface area contributed by atoms with E-state index in [1.165, 1.54) is 25.1 Å². The van der Waals surface area contributed by atoms with Crippen LogP contribution in [0.5, 0.6) is 0 Å². The van der Waals surface area contributed by atoms with Crippen molar-refractivity contribution in [3.05, 3.63) is 70.6 Å². The highest BCUT2D eigenvalue weighted by Crippen LogP contribution is 2.30. The number of hydrogen-bond acceptors (Lipinski definition) is 5. The number of hydrogen-bond donors (Lipinski definition) is 2. The van der Waals surface area contributed by atoms with Gasteiger partial charge in [0.05, 0.1) is 33.0 Å². The van der Waals surface area contributed by atoms with Crippen molar-refractivity contribution in [2.45, 2.75) is 13.8 Å². The van der Waals surface area contributed by atoms with Crippen molar-refractivity contribution >= 4 is 45.9 Å². The molecule has 0 aliphatic rings. The van der Waals surface area contributed by atoms with Crippen molar-refractivity contribution in [2.24, 2.45) is 0 Å². The first-order chi connectivity index (χ1) is 14.8. The number of halogens is 2. The Bertz CT molecular complexity index is 1320. The molecule has 156 valence electrons. The van der Waals surface area contributed by atoms with Gasteiger partial charge in [-0.2, -0.15) is 0 Å². The summed E-state index contributed by atoms with van der Waals surface area (Å²) >= 11 is 6.27. The normalized spacial score (nSPS) is 10.8. The highest BCUT2D eigenvalue weighted by atomic mass is 35.5. The quantitative estimate of drug-likeness (QED) is 0.456. The zero-order valence-electron chi connectivity index (χ0n) is 16.5. The number of anilines is 2. The molecule has 0 spiro atoms. The van der Waals surface area contributed by atoms with Gasteiger partial charge >= 0.3 is 0 Å². The third kappa shape index (κ3) is 4.24. The number of benzene rings is 2. The van der Waals surface area contributed by atoms with E-state index >= 15 is 0 Å². The first-order valence-corrected chi connectivity index (χ1v) is 9.61. The minimum absolute atomic E-state index is 0.191. The highest BCUT2D eigenvalue weighted by molar-refractivity contribution is 6.34. The summed E-state index contributed by atoms with van der Waals surface area (Å²) in [6.45, 7) is 3.09. The first-order valence-electron chi connectivity index (χ1n) is 9.23. The molecule has 2 heterocycles. The number of amides is 2. The van der Waals surface area contributed by atoms with Crippen LogP contribution in [0.4, 0.5) is 15.8 Å². The molecule has 0 atom stereocenters. The van der Waals surface area contributed by atoms with Crippen LogP contribution in [0.15, 0.2) is 53.1 Å². The number of nitrogens with zero attached hydrogens (tertiary/aromatic N) is 2. The van der Waals surface area contributed by atoms with Crippen LogP contribution in [0.2, 0.25) is 5.02 Å². The minimum atomic E-state index is -0.448. The molecule has 0 radical (unpaired) electrons. The lowest BCUT2D eigenvalue weighted by Gasteiger charge is -2.11. The molecule has 31 heavy (non-hydrogen) atoms. The van der Waals surface area contributed by atoms with Crippen LogP contribution >= 0.6 is 11.6 Å². The zero-order chi connectivity index (χ0) is 22.1. The van der Waals surface area contributed by atoms with Crippen molar-refractivity contribution in [1.82, 2.24) is 10.1 Å². The van der Waals surface area contributed by atoms with E-state index in [-0.39, 0.29) is 28.0 Å². The summed E-state index contributed by atoms with van der Waals surface area (Å²) in [4.78, 5) is 28.7. The number of carbonyl (C=O) groups excluding carboxylic acids is 2. The maximum Gasteiger partial charge on any atom is 0.259 e. The number of rotatable bonds is 4. The van der Waals surface area contributed by atoms with Gasteiger partial charge in [-0.25, -0.2) is 9.37 Å². The Hall–Kier alpha value is -3.78. The Morgan fingerprint density at radius 2 is 1.81 bits per heavy atom. The largest absolute Gasteiger partial charge is 0.335 e. The number of fused-ring (bicyclic) bond motifs is 1. The number of aryl methyl sites for hydroxylation is 1. The molecule has 0 bridgehead atoms.